The molecule has 5 N–H and O–H groups in total. The second-order valence-electron chi connectivity index (χ2n) is 5.15. The van der Waals surface area contributed by atoms with Crippen molar-refractivity contribution in [2.45, 2.75) is 24.5 Å². The number of benzene rings is 1. The Hall–Kier alpha value is -1.47. The van der Waals surface area contributed by atoms with Crippen molar-refractivity contribution < 1.29 is 20.1 Å². The third kappa shape index (κ3) is 2.99. The molecule has 1 amide bonds. The maximum absolute atomic E-state index is 12.2. The summed E-state index contributed by atoms with van der Waals surface area (Å²) in [6.07, 6.45) is 0.542. The molecule has 0 saturated heterocycles. The minimum atomic E-state index is -1.38. The summed E-state index contributed by atoms with van der Waals surface area (Å²) in [7, 11) is 0. The monoisotopic (exact) mass is 280 g/mol. The third-order valence-electron chi connectivity index (χ3n) is 3.69. The normalized spacial score (nSPS) is 18.4. The first-order valence-electron chi connectivity index (χ1n) is 6.59. The van der Waals surface area contributed by atoms with Gasteiger partial charge in [0.15, 0.2) is 0 Å². The van der Waals surface area contributed by atoms with E-state index in [1.54, 1.807) is 0 Å². The molecule has 1 aromatic carbocycles. The van der Waals surface area contributed by atoms with Crippen LogP contribution in [0.1, 0.15) is 11.1 Å². The molecule has 2 rings (SSSR count). The van der Waals surface area contributed by atoms with E-state index in [4.69, 9.17) is 0 Å². The van der Waals surface area contributed by atoms with Gasteiger partial charge in [-0.25, -0.2) is 0 Å². The van der Waals surface area contributed by atoms with Crippen LogP contribution >= 0.6 is 0 Å². The van der Waals surface area contributed by atoms with Gasteiger partial charge < -0.3 is 26.0 Å². The highest BCUT2D eigenvalue weighted by Gasteiger charge is 2.33. The zero-order chi connectivity index (χ0) is 14.6. The molecule has 0 bridgehead atoms. The van der Waals surface area contributed by atoms with Crippen molar-refractivity contribution in [2.24, 2.45) is 0 Å². The first kappa shape index (κ1) is 14.9. The predicted octanol–water partition coefficient (Wildman–Crippen LogP) is -1.47. The average Bonchev–Trinajstić information content (AvgIpc) is 2.52. The van der Waals surface area contributed by atoms with Gasteiger partial charge in [-0.15, -0.1) is 0 Å². The van der Waals surface area contributed by atoms with Crippen LogP contribution < -0.4 is 10.6 Å². The lowest BCUT2D eigenvalue weighted by atomic mass is 9.94. The molecule has 0 saturated carbocycles. The van der Waals surface area contributed by atoms with E-state index in [1.807, 2.05) is 24.3 Å². The molecule has 0 fully saturated rings. The molecule has 1 atom stereocenters. The number of carbonyl (C=O) groups is 1. The molecule has 1 heterocycles. The highest BCUT2D eigenvalue weighted by Crippen LogP contribution is 2.16. The number of aliphatic hydroxyl groups excluding tert-OH is 3. The summed E-state index contributed by atoms with van der Waals surface area (Å²) in [5, 5.41) is 33.3. The van der Waals surface area contributed by atoms with E-state index < -0.39 is 31.4 Å². The van der Waals surface area contributed by atoms with E-state index in [2.05, 4.69) is 10.6 Å². The molecule has 0 radical (unpaired) electrons. The maximum Gasteiger partial charge on any atom is 0.238 e. The van der Waals surface area contributed by atoms with Gasteiger partial charge in [0, 0.05) is 6.54 Å². The van der Waals surface area contributed by atoms with Crippen LogP contribution in [0.15, 0.2) is 24.3 Å². The zero-order valence-electron chi connectivity index (χ0n) is 11.2. The SMILES string of the molecule is O=C(NC(CO)(CO)CO)[C@@H]1Cc2ccccc2CN1. The van der Waals surface area contributed by atoms with Crippen molar-refractivity contribution >= 4 is 5.91 Å². The summed E-state index contributed by atoms with van der Waals surface area (Å²) in [4.78, 5) is 12.2. The fourth-order valence-corrected chi connectivity index (χ4v) is 2.26. The van der Waals surface area contributed by atoms with Crippen molar-refractivity contribution in [3.05, 3.63) is 35.4 Å². The molecule has 0 spiro atoms. The summed E-state index contributed by atoms with van der Waals surface area (Å²) >= 11 is 0. The number of aliphatic hydroxyl groups is 3. The van der Waals surface area contributed by atoms with Crippen molar-refractivity contribution in [3.8, 4) is 0 Å². The Morgan fingerprint density at radius 3 is 2.40 bits per heavy atom. The topological polar surface area (TPSA) is 102 Å². The summed E-state index contributed by atoms with van der Waals surface area (Å²) in [6, 6.07) is 7.44. The number of amides is 1. The van der Waals surface area contributed by atoms with E-state index in [9.17, 15) is 20.1 Å². The van der Waals surface area contributed by atoms with Crippen LogP contribution in [0.5, 0.6) is 0 Å². The van der Waals surface area contributed by atoms with E-state index in [-0.39, 0.29) is 5.91 Å². The van der Waals surface area contributed by atoms with Gasteiger partial charge in [0.1, 0.15) is 5.54 Å². The molecule has 0 aliphatic carbocycles. The van der Waals surface area contributed by atoms with Gasteiger partial charge in [0.05, 0.1) is 25.9 Å². The predicted molar refractivity (Wildman–Crippen MR) is 72.9 cm³/mol. The Bertz CT molecular complexity index is 466. The second-order valence-corrected chi connectivity index (χ2v) is 5.15. The Kier molecular flexibility index (Phi) is 4.72. The van der Waals surface area contributed by atoms with Gasteiger partial charge in [0.25, 0.3) is 0 Å². The van der Waals surface area contributed by atoms with Gasteiger partial charge in [-0.1, -0.05) is 24.3 Å². The summed E-state index contributed by atoms with van der Waals surface area (Å²) in [5.74, 6) is -0.336. The Balaban J connectivity index is 2.05. The number of hydrogen-bond acceptors (Lipinski definition) is 5. The number of carbonyl (C=O) groups excluding carboxylic acids is 1. The highest BCUT2D eigenvalue weighted by molar-refractivity contribution is 5.83. The Morgan fingerprint density at radius 2 is 1.80 bits per heavy atom. The van der Waals surface area contributed by atoms with Crippen molar-refractivity contribution in [2.75, 3.05) is 19.8 Å². The third-order valence-corrected chi connectivity index (χ3v) is 3.69. The summed E-state index contributed by atoms with van der Waals surface area (Å²) < 4.78 is 0. The second kappa shape index (κ2) is 6.32. The van der Waals surface area contributed by atoms with Crippen molar-refractivity contribution in [3.63, 3.8) is 0 Å². The smallest absolute Gasteiger partial charge is 0.238 e. The van der Waals surface area contributed by atoms with Crippen LogP contribution in [-0.4, -0.2) is 52.6 Å². The quantitative estimate of drug-likeness (QED) is 0.453. The van der Waals surface area contributed by atoms with E-state index >= 15 is 0 Å². The van der Waals surface area contributed by atoms with Gasteiger partial charge >= 0.3 is 0 Å². The Labute approximate surface area is 117 Å². The zero-order valence-corrected chi connectivity index (χ0v) is 11.2. The molecular weight excluding hydrogens is 260 g/mol. The van der Waals surface area contributed by atoms with Gasteiger partial charge in [-0.3, -0.25) is 4.79 Å². The first-order valence-corrected chi connectivity index (χ1v) is 6.59. The number of hydrogen-bond donors (Lipinski definition) is 5. The molecule has 6 heteroatoms. The number of rotatable bonds is 5. The van der Waals surface area contributed by atoms with Crippen LogP contribution in [0.2, 0.25) is 0 Å². The first-order chi connectivity index (χ1) is 9.64. The summed E-state index contributed by atoms with van der Waals surface area (Å²) in [5.41, 5.74) is 0.888. The summed E-state index contributed by atoms with van der Waals surface area (Å²) in [6.45, 7) is -0.961. The molecular formula is C14H20N2O4. The molecule has 20 heavy (non-hydrogen) atoms. The standard InChI is InChI=1S/C14H20N2O4/c17-7-14(8-18,9-19)16-13(20)12-5-10-3-1-2-4-11(10)6-15-12/h1-4,12,15,17-19H,5-9H2,(H,16,20)/t12-/m0/s1. The van der Waals surface area contributed by atoms with Crippen LogP contribution in [0.3, 0.4) is 0 Å². The maximum atomic E-state index is 12.2. The minimum absolute atomic E-state index is 0.336. The van der Waals surface area contributed by atoms with Crippen molar-refractivity contribution in [1.82, 2.24) is 10.6 Å². The van der Waals surface area contributed by atoms with Gasteiger partial charge in [-0.05, 0) is 17.5 Å². The molecule has 1 aliphatic heterocycles. The van der Waals surface area contributed by atoms with E-state index in [0.29, 0.717) is 13.0 Å². The molecule has 0 unspecified atom stereocenters. The lowest BCUT2D eigenvalue weighted by molar-refractivity contribution is -0.127. The highest BCUT2D eigenvalue weighted by atomic mass is 16.3. The van der Waals surface area contributed by atoms with E-state index in [1.165, 1.54) is 0 Å². The average molecular weight is 280 g/mol. The van der Waals surface area contributed by atoms with E-state index in [0.717, 1.165) is 11.1 Å². The largest absolute Gasteiger partial charge is 0.394 e. The lowest BCUT2D eigenvalue weighted by Gasteiger charge is -2.32. The Morgan fingerprint density at radius 1 is 1.20 bits per heavy atom. The van der Waals surface area contributed by atoms with Crippen molar-refractivity contribution in [1.29, 1.82) is 0 Å². The van der Waals surface area contributed by atoms with Crippen LogP contribution in [0, 0.1) is 0 Å². The minimum Gasteiger partial charge on any atom is -0.394 e. The molecule has 6 nitrogen and oxygen atoms in total. The van der Waals surface area contributed by atoms with Crippen LogP contribution in [-0.2, 0) is 17.8 Å². The number of nitrogens with one attached hydrogen (secondary N) is 2. The van der Waals surface area contributed by atoms with Gasteiger partial charge in [0.2, 0.25) is 5.91 Å². The molecule has 1 aliphatic rings. The molecule has 0 aromatic heterocycles. The van der Waals surface area contributed by atoms with Gasteiger partial charge in [-0.2, -0.15) is 0 Å². The van der Waals surface area contributed by atoms with Crippen LogP contribution in [0.4, 0.5) is 0 Å². The molecule has 110 valence electrons. The number of fused-ring (bicyclic) bond motifs is 1. The van der Waals surface area contributed by atoms with Crippen LogP contribution in [0.25, 0.3) is 0 Å². The lowest BCUT2D eigenvalue weighted by Crippen LogP contribution is -2.61. The molecule has 1 aromatic rings. The fraction of sp³-hybridized carbons (Fsp3) is 0.500. The fourth-order valence-electron chi connectivity index (χ4n) is 2.26.